The van der Waals surface area contributed by atoms with Crippen LogP contribution in [0.25, 0.3) is 0 Å². The highest BCUT2D eigenvalue weighted by atomic mass is 35.5. The lowest BCUT2D eigenvalue weighted by Gasteiger charge is -2.25. The summed E-state index contributed by atoms with van der Waals surface area (Å²) in [6.45, 7) is 4.12. The number of esters is 1. The molecule has 2 aromatic carbocycles. The van der Waals surface area contributed by atoms with Crippen molar-refractivity contribution in [3.8, 4) is 0 Å². The van der Waals surface area contributed by atoms with E-state index < -0.39 is 5.97 Å². The minimum absolute atomic E-state index is 0.105. The van der Waals surface area contributed by atoms with Gasteiger partial charge in [-0.15, -0.1) is 5.10 Å². The summed E-state index contributed by atoms with van der Waals surface area (Å²) in [4.78, 5) is 14.4. The number of rotatable bonds is 3. The number of para-hydroxylation sites is 2. The van der Waals surface area contributed by atoms with Gasteiger partial charge in [-0.1, -0.05) is 41.9 Å². The van der Waals surface area contributed by atoms with Crippen molar-refractivity contribution in [3.63, 3.8) is 0 Å². The van der Waals surface area contributed by atoms with Gasteiger partial charge in [-0.3, -0.25) is 5.43 Å². The zero-order chi connectivity index (χ0) is 17.8. The molecule has 6 heteroatoms. The van der Waals surface area contributed by atoms with Crippen LogP contribution in [0.5, 0.6) is 0 Å². The molecule has 0 saturated heterocycles. The molecule has 1 N–H and O–H groups in total. The van der Waals surface area contributed by atoms with Crippen molar-refractivity contribution in [3.05, 3.63) is 59.1 Å². The van der Waals surface area contributed by atoms with Crippen molar-refractivity contribution in [1.29, 1.82) is 0 Å². The van der Waals surface area contributed by atoms with Gasteiger partial charge >= 0.3 is 5.97 Å². The predicted molar refractivity (Wildman–Crippen MR) is 101 cm³/mol. The molecule has 1 heterocycles. The van der Waals surface area contributed by atoms with E-state index in [1.807, 2.05) is 35.2 Å². The fraction of sp³-hybridized carbons (Fsp3) is 0.263. The molecule has 0 fully saturated rings. The number of amidine groups is 1. The molecule has 130 valence electrons. The van der Waals surface area contributed by atoms with Crippen LogP contribution in [0.2, 0.25) is 5.02 Å². The van der Waals surface area contributed by atoms with Crippen LogP contribution in [-0.4, -0.2) is 24.5 Å². The fourth-order valence-electron chi connectivity index (χ4n) is 2.95. The second-order valence-corrected chi connectivity index (χ2v) is 6.21. The molecule has 1 unspecified atom stereocenters. The molecule has 0 saturated carbocycles. The van der Waals surface area contributed by atoms with Gasteiger partial charge in [0, 0.05) is 11.7 Å². The largest absolute Gasteiger partial charge is 0.460 e. The molecule has 25 heavy (non-hydrogen) atoms. The lowest BCUT2D eigenvalue weighted by molar-refractivity contribution is -0.135. The number of nitrogens with zero attached hydrogens (tertiary/aromatic N) is 2. The van der Waals surface area contributed by atoms with E-state index in [1.165, 1.54) is 5.56 Å². The maximum absolute atomic E-state index is 12.5. The van der Waals surface area contributed by atoms with Crippen molar-refractivity contribution in [2.75, 3.05) is 16.9 Å². The van der Waals surface area contributed by atoms with Gasteiger partial charge in [0.15, 0.2) is 0 Å². The highest BCUT2D eigenvalue weighted by Gasteiger charge is 2.33. The molecule has 0 radical (unpaired) electrons. The van der Waals surface area contributed by atoms with Crippen LogP contribution in [0.3, 0.4) is 0 Å². The minimum Gasteiger partial charge on any atom is -0.460 e. The van der Waals surface area contributed by atoms with E-state index in [4.69, 9.17) is 16.3 Å². The van der Waals surface area contributed by atoms with Gasteiger partial charge in [-0.25, -0.2) is 4.79 Å². The molecule has 1 aliphatic rings. The number of hydrazone groups is 1. The van der Waals surface area contributed by atoms with E-state index in [2.05, 4.69) is 23.5 Å². The van der Waals surface area contributed by atoms with Crippen LogP contribution in [0.15, 0.2) is 53.6 Å². The SMILES string of the molecule is CCOC(=O)C(=NNc1ccccc1Cl)N1c2ccccc2CC1C. The third kappa shape index (κ3) is 3.61. The Hall–Kier alpha value is -2.53. The average molecular weight is 358 g/mol. The van der Waals surface area contributed by atoms with E-state index in [1.54, 1.807) is 19.1 Å². The monoisotopic (exact) mass is 357 g/mol. The van der Waals surface area contributed by atoms with Crippen LogP contribution >= 0.6 is 11.6 Å². The summed E-state index contributed by atoms with van der Waals surface area (Å²) in [5.74, 6) is -0.246. The first-order valence-electron chi connectivity index (χ1n) is 8.24. The molecule has 0 aliphatic carbocycles. The van der Waals surface area contributed by atoms with E-state index in [9.17, 15) is 4.79 Å². The van der Waals surface area contributed by atoms with Crippen LogP contribution in [-0.2, 0) is 16.0 Å². The van der Waals surface area contributed by atoms with Crippen LogP contribution in [0, 0.1) is 0 Å². The molecular formula is C19H20ClN3O2. The second-order valence-electron chi connectivity index (χ2n) is 5.80. The lowest BCUT2D eigenvalue weighted by atomic mass is 10.1. The number of carbonyl (C=O) groups is 1. The molecule has 0 spiro atoms. The topological polar surface area (TPSA) is 53.9 Å². The van der Waals surface area contributed by atoms with Crippen molar-refractivity contribution in [2.24, 2.45) is 5.10 Å². The van der Waals surface area contributed by atoms with Crippen molar-refractivity contribution >= 4 is 34.8 Å². The van der Waals surface area contributed by atoms with Crippen LogP contribution in [0.4, 0.5) is 11.4 Å². The molecule has 0 aromatic heterocycles. The van der Waals surface area contributed by atoms with Crippen molar-refractivity contribution < 1.29 is 9.53 Å². The molecule has 3 rings (SSSR count). The summed E-state index contributed by atoms with van der Waals surface area (Å²) in [7, 11) is 0. The van der Waals surface area contributed by atoms with Gasteiger partial charge in [0.05, 0.1) is 17.3 Å². The van der Waals surface area contributed by atoms with Gasteiger partial charge in [0.2, 0.25) is 5.84 Å². The summed E-state index contributed by atoms with van der Waals surface area (Å²) >= 11 is 6.16. The van der Waals surface area contributed by atoms with Crippen LogP contribution < -0.4 is 10.3 Å². The Morgan fingerprint density at radius 1 is 1.28 bits per heavy atom. The summed E-state index contributed by atoms with van der Waals surface area (Å²) in [6.07, 6.45) is 0.848. The number of hydrogen-bond acceptors (Lipinski definition) is 4. The first-order valence-corrected chi connectivity index (χ1v) is 8.62. The van der Waals surface area contributed by atoms with Gasteiger partial charge in [0.25, 0.3) is 0 Å². The quantitative estimate of drug-likeness (QED) is 0.389. The second kappa shape index (κ2) is 7.57. The van der Waals surface area contributed by atoms with Gasteiger partial charge in [-0.2, -0.15) is 0 Å². The first-order chi connectivity index (χ1) is 12.1. The molecule has 0 amide bonds. The van der Waals surface area contributed by atoms with Crippen molar-refractivity contribution in [1.82, 2.24) is 0 Å². The molecule has 1 aliphatic heterocycles. The number of hydrogen-bond donors (Lipinski definition) is 1. The van der Waals surface area contributed by atoms with E-state index in [0.717, 1.165) is 12.1 Å². The van der Waals surface area contributed by atoms with Gasteiger partial charge in [0.1, 0.15) is 0 Å². The Morgan fingerprint density at radius 2 is 2.00 bits per heavy atom. The van der Waals surface area contributed by atoms with E-state index >= 15 is 0 Å². The van der Waals surface area contributed by atoms with E-state index in [-0.39, 0.29) is 18.5 Å². The number of ether oxygens (including phenoxy) is 1. The summed E-state index contributed by atoms with van der Waals surface area (Å²) < 4.78 is 5.21. The number of carbonyl (C=O) groups excluding carboxylic acids is 1. The standard InChI is InChI=1S/C19H20ClN3O2/c1-3-25-19(24)18(22-21-16-10-6-5-9-15(16)20)23-13(2)12-14-8-4-7-11-17(14)23/h4-11,13,21H,3,12H2,1-2H3. The summed E-state index contributed by atoms with van der Waals surface area (Å²) in [6, 6.07) is 15.4. The third-order valence-electron chi connectivity index (χ3n) is 4.05. The zero-order valence-corrected chi connectivity index (χ0v) is 15.0. The lowest BCUT2D eigenvalue weighted by Crippen LogP contribution is -2.42. The Labute approximate surface area is 152 Å². The Balaban J connectivity index is 1.97. The van der Waals surface area contributed by atoms with Gasteiger partial charge in [-0.05, 0) is 44.0 Å². The third-order valence-corrected chi connectivity index (χ3v) is 4.38. The maximum atomic E-state index is 12.5. The number of halogens is 1. The maximum Gasteiger partial charge on any atom is 0.376 e. The number of benzene rings is 2. The normalized spacial score (nSPS) is 16.5. The Bertz CT molecular complexity index is 807. The highest BCUT2D eigenvalue weighted by molar-refractivity contribution is 6.41. The minimum atomic E-state index is -0.467. The molecule has 2 aromatic rings. The Morgan fingerprint density at radius 3 is 2.76 bits per heavy atom. The Kier molecular flexibility index (Phi) is 5.24. The van der Waals surface area contributed by atoms with Gasteiger partial charge < -0.3 is 9.64 Å². The number of anilines is 2. The number of nitrogens with one attached hydrogen (secondary N) is 1. The summed E-state index contributed by atoms with van der Waals surface area (Å²) in [5.41, 5.74) is 5.68. The first kappa shape index (κ1) is 17.3. The van der Waals surface area contributed by atoms with Crippen LogP contribution in [0.1, 0.15) is 19.4 Å². The highest BCUT2D eigenvalue weighted by Crippen LogP contribution is 2.32. The predicted octanol–water partition coefficient (Wildman–Crippen LogP) is 4.08. The zero-order valence-electron chi connectivity index (χ0n) is 14.2. The van der Waals surface area contributed by atoms with E-state index in [0.29, 0.717) is 10.7 Å². The van der Waals surface area contributed by atoms with Crippen molar-refractivity contribution in [2.45, 2.75) is 26.3 Å². The number of fused-ring (bicyclic) bond motifs is 1. The average Bonchev–Trinajstić information content (AvgIpc) is 2.93. The molecular weight excluding hydrogens is 338 g/mol. The molecule has 1 atom stereocenters. The molecule has 0 bridgehead atoms. The summed E-state index contributed by atoms with van der Waals surface area (Å²) in [5, 5.41) is 4.87. The molecule has 5 nitrogen and oxygen atoms in total. The fourth-order valence-corrected chi connectivity index (χ4v) is 3.12. The smallest absolute Gasteiger partial charge is 0.376 e.